The molecule has 21 heavy (non-hydrogen) atoms. The first-order valence-corrected chi connectivity index (χ1v) is 8.57. The average molecular weight is 334 g/mol. The van der Waals surface area contributed by atoms with E-state index in [1.807, 2.05) is 0 Å². The summed E-state index contributed by atoms with van der Waals surface area (Å²) in [4.78, 5) is 5.92. The van der Waals surface area contributed by atoms with E-state index in [0.29, 0.717) is 32.7 Å². The largest absolute Gasteiger partial charge is 0.389 e. The highest BCUT2D eigenvalue weighted by Crippen LogP contribution is 2.23. The molecule has 0 saturated carbocycles. The van der Waals surface area contributed by atoms with Gasteiger partial charge in [-0.25, -0.2) is 13.4 Å². The molecule has 0 radical (unpaired) electrons. The minimum absolute atomic E-state index is 0.00331. The molecule has 0 amide bonds. The molecule has 2 heterocycles. The summed E-state index contributed by atoms with van der Waals surface area (Å²) in [6.07, 6.45) is 1.46. The lowest BCUT2D eigenvalue weighted by molar-refractivity contribution is 0.0263. The molecule has 1 aliphatic rings. The van der Waals surface area contributed by atoms with Gasteiger partial charge < -0.3 is 5.11 Å². The van der Waals surface area contributed by atoms with E-state index in [-0.39, 0.29) is 10.0 Å². The van der Waals surface area contributed by atoms with E-state index < -0.39 is 15.6 Å². The number of piperazine rings is 1. The third-order valence-electron chi connectivity index (χ3n) is 3.28. The van der Waals surface area contributed by atoms with Gasteiger partial charge in [-0.3, -0.25) is 4.90 Å². The first-order valence-electron chi connectivity index (χ1n) is 6.75. The van der Waals surface area contributed by atoms with Crippen LogP contribution in [-0.4, -0.2) is 66.0 Å². The minimum Gasteiger partial charge on any atom is -0.389 e. The summed E-state index contributed by atoms with van der Waals surface area (Å²) >= 11 is 5.88. The molecule has 0 bridgehead atoms. The summed E-state index contributed by atoms with van der Waals surface area (Å²) in [5.74, 6) is 0. The Labute approximate surface area is 130 Å². The Hall–Kier alpha value is -0.730. The first kappa shape index (κ1) is 16.6. The van der Waals surface area contributed by atoms with Crippen LogP contribution in [-0.2, 0) is 10.0 Å². The standard InChI is InChI=1S/C13H20ClN3O3S/c1-13(2,18)10-16-6-8-17(9-7-16)21(19,20)11-4-3-5-15-12(11)14/h3-5,18H,6-10H2,1-2H3. The number of rotatable bonds is 4. The van der Waals surface area contributed by atoms with Gasteiger partial charge in [0.2, 0.25) is 10.0 Å². The molecule has 8 heteroatoms. The number of nitrogens with zero attached hydrogens (tertiary/aromatic N) is 3. The Morgan fingerprint density at radius 1 is 1.33 bits per heavy atom. The van der Waals surface area contributed by atoms with Gasteiger partial charge in [0.05, 0.1) is 5.60 Å². The second-order valence-corrected chi connectivity index (χ2v) is 8.05. The van der Waals surface area contributed by atoms with Crippen molar-refractivity contribution in [2.24, 2.45) is 0 Å². The van der Waals surface area contributed by atoms with Crippen molar-refractivity contribution in [3.63, 3.8) is 0 Å². The number of sulfonamides is 1. The molecule has 0 aliphatic carbocycles. The van der Waals surface area contributed by atoms with E-state index in [1.54, 1.807) is 19.9 Å². The summed E-state index contributed by atoms with van der Waals surface area (Å²) < 4.78 is 26.5. The molecule has 1 aliphatic heterocycles. The van der Waals surface area contributed by atoms with Crippen molar-refractivity contribution >= 4 is 21.6 Å². The lowest BCUT2D eigenvalue weighted by Gasteiger charge is -2.36. The molecule has 0 unspecified atom stereocenters. The highest BCUT2D eigenvalue weighted by molar-refractivity contribution is 7.89. The number of β-amino-alcohol motifs (C(OH)–C–C–N with tert-alkyl or cyclic N) is 1. The zero-order valence-electron chi connectivity index (χ0n) is 12.2. The molecule has 1 aromatic heterocycles. The monoisotopic (exact) mass is 333 g/mol. The zero-order chi connectivity index (χ0) is 15.7. The first-order chi connectivity index (χ1) is 9.70. The fourth-order valence-corrected chi connectivity index (χ4v) is 4.23. The van der Waals surface area contributed by atoms with Gasteiger partial charge in [0.25, 0.3) is 0 Å². The molecule has 2 rings (SSSR count). The maximum absolute atomic E-state index is 12.5. The van der Waals surface area contributed by atoms with Crippen LogP contribution < -0.4 is 0 Å². The van der Waals surface area contributed by atoms with Gasteiger partial charge in [0.1, 0.15) is 10.0 Å². The highest BCUT2D eigenvalue weighted by Gasteiger charge is 2.31. The Morgan fingerprint density at radius 2 is 1.95 bits per heavy atom. The van der Waals surface area contributed by atoms with Crippen LogP contribution >= 0.6 is 11.6 Å². The van der Waals surface area contributed by atoms with E-state index in [2.05, 4.69) is 9.88 Å². The lowest BCUT2D eigenvalue weighted by atomic mass is 10.1. The van der Waals surface area contributed by atoms with Gasteiger partial charge >= 0.3 is 0 Å². The molecule has 1 N–H and O–H groups in total. The summed E-state index contributed by atoms with van der Waals surface area (Å²) in [5, 5.41) is 9.81. The summed E-state index contributed by atoms with van der Waals surface area (Å²) in [6, 6.07) is 3.02. The van der Waals surface area contributed by atoms with Crippen molar-refractivity contribution in [1.82, 2.24) is 14.2 Å². The molecule has 1 aromatic rings. The van der Waals surface area contributed by atoms with Crippen molar-refractivity contribution in [2.45, 2.75) is 24.3 Å². The van der Waals surface area contributed by atoms with Crippen LogP contribution in [0.5, 0.6) is 0 Å². The number of aliphatic hydroxyl groups is 1. The third-order valence-corrected chi connectivity index (χ3v) is 5.63. The third kappa shape index (κ3) is 4.14. The molecule has 0 aromatic carbocycles. The molecule has 118 valence electrons. The van der Waals surface area contributed by atoms with Gasteiger partial charge in [-0.1, -0.05) is 11.6 Å². The van der Waals surface area contributed by atoms with Gasteiger partial charge in [-0.05, 0) is 26.0 Å². The molecular weight excluding hydrogens is 314 g/mol. The van der Waals surface area contributed by atoms with Crippen LogP contribution in [0.1, 0.15) is 13.8 Å². The fourth-order valence-electron chi connectivity index (χ4n) is 2.38. The van der Waals surface area contributed by atoms with Crippen LogP contribution in [0, 0.1) is 0 Å². The predicted molar refractivity (Wildman–Crippen MR) is 80.7 cm³/mol. The van der Waals surface area contributed by atoms with E-state index in [4.69, 9.17) is 11.6 Å². The van der Waals surface area contributed by atoms with Crippen LogP contribution in [0.25, 0.3) is 0 Å². The SMILES string of the molecule is CC(C)(O)CN1CCN(S(=O)(=O)c2cccnc2Cl)CC1. The van der Waals surface area contributed by atoms with E-state index >= 15 is 0 Å². The van der Waals surface area contributed by atoms with Crippen molar-refractivity contribution in [2.75, 3.05) is 32.7 Å². The van der Waals surface area contributed by atoms with Crippen molar-refractivity contribution in [3.05, 3.63) is 23.5 Å². The average Bonchev–Trinajstić information content (AvgIpc) is 2.37. The Bertz CT molecular complexity index is 593. The van der Waals surface area contributed by atoms with Crippen LogP contribution in [0.3, 0.4) is 0 Å². The van der Waals surface area contributed by atoms with Crippen LogP contribution in [0.4, 0.5) is 0 Å². The molecular formula is C13H20ClN3O3S. The Kier molecular flexibility index (Phi) is 4.89. The van der Waals surface area contributed by atoms with E-state index in [9.17, 15) is 13.5 Å². The normalized spacial score (nSPS) is 18.9. The summed E-state index contributed by atoms with van der Waals surface area (Å²) in [5.41, 5.74) is -0.784. The predicted octanol–water partition coefficient (Wildman–Crippen LogP) is 0.812. The number of pyridine rings is 1. The smallest absolute Gasteiger partial charge is 0.246 e. The number of hydrogen-bond acceptors (Lipinski definition) is 5. The lowest BCUT2D eigenvalue weighted by Crippen LogP contribution is -2.51. The van der Waals surface area contributed by atoms with Crippen molar-refractivity contribution < 1.29 is 13.5 Å². The van der Waals surface area contributed by atoms with Gasteiger partial charge in [0.15, 0.2) is 0 Å². The fraction of sp³-hybridized carbons (Fsp3) is 0.615. The van der Waals surface area contributed by atoms with Gasteiger partial charge in [-0.2, -0.15) is 4.31 Å². The molecule has 1 fully saturated rings. The zero-order valence-corrected chi connectivity index (χ0v) is 13.7. The summed E-state index contributed by atoms with van der Waals surface area (Å²) in [7, 11) is -3.61. The number of aromatic nitrogens is 1. The maximum atomic E-state index is 12.5. The van der Waals surface area contributed by atoms with Crippen LogP contribution in [0.15, 0.2) is 23.2 Å². The van der Waals surface area contributed by atoms with E-state index in [1.165, 1.54) is 16.6 Å². The van der Waals surface area contributed by atoms with Gasteiger partial charge in [-0.15, -0.1) is 0 Å². The Balaban J connectivity index is 2.07. The molecule has 6 nitrogen and oxygen atoms in total. The van der Waals surface area contributed by atoms with Crippen molar-refractivity contribution in [3.8, 4) is 0 Å². The van der Waals surface area contributed by atoms with E-state index in [0.717, 1.165) is 0 Å². The quantitative estimate of drug-likeness (QED) is 0.825. The second-order valence-electron chi connectivity index (χ2n) is 5.79. The maximum Gasteiger partial charge on any atom is 0.246 e. The highest BCUT2D eigenvalue weighted by atomic mass is 35.5. The second kappa shape index (κ2) is 6.18. The number of hydrogen-bond donors (Lipinski definition) is 1. The minimum atomic E-state index is -3.61. The number of halogens is 1. The Morgan fingerprint density at radius 3 is 2.48 bits per heavy atom. The summed E-state index contributed by atoms with van der Waals surface area (Å²) in [6.45, 7) is 5.93. The molecule has 1 saturated heterocycles. The molecule has 0 spiro atoms. The molecule has 0 atom stereocenters. The topological polar surface area (TPSA) is 73.7 Å². The van der Waals surface area contributed by atoms with Gasteiger partial charge in [0, 0.05) is 38.9 Å². The van der Waals surface area contributed by atoms with Crippen molar-refractivity contribution in [1.29, 1.82) is 0 Å². The van der Waals surface area contributed by atoms with Crippen LogP contribution in [0.2, 0.25) is 5.15 Å².